The molecule has 2 heterocycles. The monoisotopic (exact) mass is 437 g/mol. The van der Waals surface area contributed by atoms with Crippen LogP contribution in [0.4, 0.5) is 11.4 Å². The molecule has 2 aliphatic heterocycles. The van der Waals surface area contributed by atoms with E-state index in [0.29, 0.717) is 6.54 Å². The molecule has 31 heavy (non-hydrogen) atoms. The van der Waals surface area contributed by atoms with Gasteiger partial charge in [-0.2, -0.15) is 11.8 Å². The zero-order valence-electron chi connectivity index (χ0n) is 18.6. The van der Waals surface area contributed by atoms with Gasteiger partial charge in [0, 0.05) is 55.5 Å². The standard InChI is InChI=1S/C25H31N3O2S/c1-17-5-4-6-23(19(17)3)28-16-21(14-24(28)29)25(30)26-22-13-20(8-7-18(22)2)15-27-9-11-31-12-10-27/h4-8,13,21H,9-12,14-16H2,1-3H3,(H,26,30). The number of carbonyl (C=O) groups is 2. The Balaban J connectivity index is 1.44. The van der Waals surface area contributed by atoms with Gasteiger partial charge in [0.05, 0.1) is 5.92 Å². The maximum atomic E-state index is 13.0. The van der Waals surface area contributed by atoms with E-state index in [-0.39, 0.29) is 24.2 Å². The number of thioether (sulfide) groups is 1. The molecular weight excluding hydrogens is 406 g/mol. The molecule has 2 aromatic carbocycles. The van der Waals surface area contributed by atoms with E-state index < -0.39 is 0 Å². The number of hydrogen-bond acceptors (Lipinski definition) is 4. The van der Waals surface area contributed by atoms with Crippen molar-refractivity contribution in [2.24, 2.45) is 5.92 Å². The molecule has 2 aliphatic rings. The van der Waals surface area contributed by atoms with E-state index in [1.54, 1.807) is 4.90 Å². The van der Waals surface area contributed by atoms with E-state index in [1.165, 1.54) is 17.1 Å². The van der Waals surface area contributed by atoms with Crippen LogP contribution in [0.3, 0.4) is 0 Å². The van der Waals surface area contributed by atoms with Crippen molar-refractivity contribution in [3.8, 4) is 0 Å². The predicted octanol–water partition coefficient (Wildman–Crippen LogP) is 4.15. The van der Waals surface area contributed by atoms with Crippen LogP contribution in [0.2, 0.25) is 0 Å². The number of nitrogens with one attached hydrogen (secondary N) is 1. The lowest BCUT2D eigenvalue weighted by Crippen LogP contribution is -2.32. The van der Waals surface area contributed by atoms with Crippen molar-refractivity contribution in [3.63, 3.8) is 0 Å². The van der Waals surface area contributed by atoms with Crippen molar-refractivity contribution in [1.82, 2.24) is 4.90 Å². The van der Waals surface area contributed by atoms with E-state index >= 15 is 0 Å². The van der Waals surface area contributed by atoms with Crippen LogP contribution in [-0.2, 0) is 16.1 Å². The zero-order valence-corrected chi connectivity index (χ0v) is 19.4. The highest BCUT2D eigenvalue weighted by Gasteiger charge is 2.36. The number of anilines is 2. The molecule has 4 rings (SSSR count). The molecule has 0 aromatic heterocycles. The van der Waals surface area contributed by atoms with Crippen LogP contribution in [-0.4, -0.2) is 47.9 Å². The van der Waals surface area contributed by atoms with Crippen molar-refractivity contribution in [3.05, 3.63) is 58.7 Å². The first-order valence-electron chi connectivity index (χ1n) is 11.0. The van der Waals surface area contributed by atoms with Gasteiger partial charge in [-0.3, -0.25) is 14.5 Å². The summed E-state index contributed by atoms with van der Waals surface area (Å²) in [7, 11) is 0. The topological polar surface area (TPSA) is 52.7 Å². The number of nitrogens with zero attached hydrogens (tertiary/aromatic N) is 2. The van der Waals surface area contributed by atoms with E-state index in [1.807, 2.05) is 50.7 Å². The van der Waals surface area contributed by atoms with Crippen LogP contribution in [0.1, 0.15) is 28.7 Å². The summed E-state index contributed by atoms with van der Waals surface area (Å²) < 4.78 is 0. The molecule has 6 heteroatoms. The summed E-state index contributed by atoms with van der Waals surface area (Å²) in [5, 5.41) is 3.11. The van der Waals surface area contributed by atoms with Gasteiger partial charge in [-0.1, -0.05) is 24.3 Å². The lowest BCUT2D eigenvalue weighted by atomic mass is 10.1. The van der Waals surface area contributed by atoms with Gasteiger partial charge in [0.1, 0.15) is 0 Å². The van der Waals surface area contributed by atoms with Gasteiger partial charge >= 0.3 is 0 Å². The fourth-order valence-electron chi connectivity index (χ4n) is 4.30. The second kappa shape index (κ2) is 9.45. The predicted molar refractivity (Wildman–Crippen MR) is 129 cm³/mol. The summed E-state index contributed by atoms with van der Waals surface area (Å²) in [6.07, 6.45) is 0.253. The van der Waals surface area contributed by atoms with Gasteiger partial charge in [0.15, 0.2) is 0 Å². The van der Waals surface area contributed by atoms with Gasteiger partial charge in [-0.05, 0) is 55.2 Å². The normalized spacial score (nSPS) is 19.6. The molecule has 164 valence electrons. The minimum atomic E-state index is -0.338. The smallest absolute Gasteiger partial charge is 0.229 e. The van der Waals surface area contributed by atoms with Crippen LogP contribution in [0.25, 0.3) is 0 Å². The molecule has 2 amide bonds. The van der Waals surface area contributed by atoms with Gasteiger partial charge in [-0.15, -0.1) is 0 Å². The van der Waals surface area contributed by atoms with Crippen LogP contribution in [0.15, 0.2) is 36.4 Å². The Labute approximate surface area is 189 Å². The average molecular weight is 438 g/mol. The van der Waals surface area contributed by atoms with Crippen LogP contribution >= 0.6 is 11.8 Å². The third-order valence-electron chi connectivity index (χ3n) is 6.43. The summed E-state index contributed by atoms with van der Waals surface area (Å²) >= 11 is 2.01. The number of benzene rings is 2. The molecule has 0 saturated carbocycles. The molecular formula is C25H31N3O2S. The maximum absolute atomic E-state index is 13.0. The molecule has 2 fully saturated rings. The van der Waals surface area contributed by atoms with Crippen molar-refractivity contribution in [2.75, 3.05) is 41.4 Å². The second-order valence-electron chi connectivity index (χ2n) is 8.65. The minimum Gasteiger partial charge on any atom is -0.326 e. The van der Waals surface area contributed by atoms with Crippen molar-refractivity contribution < 1.29 is 9.59 Å². The maximum Gasteiger partial charge on any atom is 0.229 e. The zero-order chi connectivity index (χ0) is 22.0. The Morgan fingerprint density at radius 1 is 1.10 bits per heavy atom. The summed E-state index contributed by atoms with van der Waals surface area (Å²) in [6.45, 7) is 9.64. The van der Waals surface area contributed by atoms with Crippen molar-refractivity contribution in [2.45, 2.75) is 33.7 Å². The number of amides is 2. The van der Waals surface area contributed by atoms with Crippen LogP contribution < -0.4 is 10.2 Å². The highest BCUT2D eigenvalue weighted by molar-refractivity contribution is 7.99. The van der Waals surface area contributed by atoms with Gasteiger partial charge in [0.2, 0.25) is 11.8 Å². The Kier molecular flexibility index (Phi) is 6.68. The number of rotatable bonds is 5. The van der Waals surface area contributed by atoms with Crippen LogP contribution in [0, 0.1) is 26.7 Å². The van der Waals surface area contributed by atoms with Gasteiger partial charge < -0.3 is 10.2 Å². The number of aryl methyl sites for hydroxylation is 2. The summed E-state index contributed by atoms with van der Waals surface area (Å²) in [4.78, 5) is 30.0. The Morgan fingerprint density at radius 2 is 1.87 bits per heavy atom. The summed E-state index contributed by atoms with van der Waals surface area (Å²) in [6, 6.07) is 12.3. The van der Waals surface area contributed by atoms with E-state index in [0.717, 1.165) is 47.7 Å². The molecule has 1 unspecified atom stereocenters. The molecule has 0 spiro atoms. The largest absolute Gasteiger partial charge is 0.326 e. The van der Waals surface area contributed by atoms with E-state index in [2.05, 4.69) is 28.4 Å². The van der Waals surface area contributed by atoms with Gasteiger partial charge in [-0.25, -0.2) is 0 Å². The molecule has 0 radical (unpaired) electrons. The Hall–Kier alpha value is -2.31. The molecule has 1 N–H and O–H groups in total. The lowest BCUT2D eigenvalue weighted by molar-refractivity contribution is -0.122. The quantitative estimate of drug-likeness (QED) is 0.763. The minimum absolute atomic E-state index is 0.0160. The fourth-order valence-corrected chi connectivity index (χ4v) is 5.28. The average Bonchev–Trinajstić information content (AvgIpc) is 3.15. The third kappa shape index (κ3) is 4.96. The Bertz CT molecular complexity index is 985. The first kappa shape index (κ1) is 21.9. The molecule has 0 aliphatic carbocycles. The number of carbonyl (C=O) groups excluding carboxylic acids is 2. The van der Waals surface area contributed by atoms with Crippen molar-refractivity contribution in [1.29, 1.82) is 0 Å². The first-order valence-corrected chi connectivity index (χ1v) is 12.1. The number of hydrogen-bond donors (Lipinski definition) is 1. The molecule has 0 bridgehead atoms. The van der Waals surface area contributed by atoms with E-state index in [9.17, 15) is 9.59 Å². The highest BCUT2D eigenvalue weighted by Crippen LogP contribution is 2.30. The summed E-state index contributed by atoms with van der Waals surface area (Å²) in [5.41, 5.74) is 6.27. The van der Waals surface area contributed by atoms with Crippen molar-refractivity contribution >= 4 is 35.0 Å². The van der Waals surface area contributed by atoms with Gasteiger partial charge in [0.25, 0.3) is 0 Å². The molecule has 1 atom stereocenters. The summed E-state index contributed by atoms with van der Waals surface area (Å²) in [5.74, 6) is 1.97. The first-order chi connectivity index (χ1) is 14.9. The second-order valence-corrected chi connectivity index (χ2v) is 9.88. The third-order valence-corrected chi connectivity index (χ3v) is 7.37. The molecule has 5 nitrogen and oxygen atoms in total. The molecule has 2 aromatic rings. The molecule has 2 saturated heterocycles. The SMILES string of the molecule is Cc1ccc(CN2CCSCC2)cc1NC(=O)C1CC(=O)N(c2cccc(C)c2C)C1. The van der Waals surface area contributed by atoms with E-state index in [4.69, 9.17) is 0 Å². The highest BCUT2D eigenvalue weighted by atomic mass is 32.2. The Morgan fingerprint density at radius 3 is 2.65 bits per heavy atom. The lowest BCUT2D eigenvalue weighted by Gasteiger charge is -2.26. The van der Waals surface area contributed by atoms with Crippen LogP contribution in [0.5, 0.6) is 0 Å². The fraction of sp³-hybridized carbons (Fsp3) is 0.440.